The number of benzene rings is 2. The molecule has 3 aromatic rings. The third-order valence-electron chi connectivity index (χ3n) is 6.84. The Balaban J connectivity index is 1.15. The van der Waals surface area contributed by atoms with Crippen LogP contribution in [0.2, 0.25) is 10.0 Å². The van der Waals surface area contributed by atoms with Crippen molar-refractivity contribution in [2.24, 2.45) is 0 Å². The van der Waals surface area contributed by atoms with Crippen molar-refractivity contribution in [3.05, 3.63) is 76.8 Å². The van der Waals surface area contributed by atoms with Crippen molar-refractivity contribution in [2.75, 3.05) is 64.6 Å². The van der Waals surface area contributed by atoms with Crippen molar-refractivity contribution in [3.8, 4) is 5.75 Å². The highest BCUT2D eigenvalue weighted by Gasteiger charge is 2.45. The van der Waals surface area contributed by atoms with Crippen LogP contribution < -0.4 is 9.64 Å². The molecule has 5 rings (SSSR count). The molecule has 1 amide bonds. The van der Waals surface area contributed by atoms with E-state index in [9.17, 15) is 4.79 Å². The molecule has 12 heteroatoms. The van der Waals surface area contributed by atoms with Crippen molar-refractivity contribution in [2.45, 2.75) is 18.4 Å². The Morgan fingerprint density at radius 1 is 1.10 bits per heavy atom. The Labute approximate surface area is 243 Å². The van der Waals surface area contributed by atoms with Gasteiger partial charge in [-0.2, -0.15) is 0 Å². The molecule has 2 aromatic carbocycles. The van der Waals surface area contributed by atoms with E-state index in [4.69, 9.17) is 46.9 Å². The quantitative estimate of drug-likeness (QED) is 0.320. The van der Waals surface area contributed by atoms with Crippen LogP contribution in [0.3, 0.4) is 0 Å². The number of carbonyl (C=O) groups excluding carboxylic acids is 1. The van der Waals surface area contributed by atoms with E-state index in [1.54, 1.807) is 36.7 Å². The minimum absolute atomic E-state index is 0.259. The SMILES string of the molecule is COCCOC(=O)N1CCN(c2ccc(OCC3COC(Cn4ccnc4)(c4ccc(Cl)cc4Cl)O3)cc2)CC1. The third kappa shape index (κ3) is 6.82. The highest BCUT2D eigenvalue weighted by atomic mass is 35.5. The van der Waals surface area contributed by atoms with Gasteiger partial charge in [-0.1, -0.05) is 29.3 Å². The fraction of sp³-hybridized carbons (Fsp3) is 0.429. The fourth-order valence-electron chi connectivity index (χ4n) is 4.77. The zero-order valence-electron chi connectivity index (χ0n) is 22.2. The van der Waals surface area contributed by atoms with Gasteiger partial charge in [-0.25, -0.2) is 9.78 Å². The van der Waals surface area contributed by atoms with Crippen LogP contribution in [0.4, 0.5) is 10.5 Å². The maximum absolute atomic E-state index is 12.1. The van der Waals surface area contributed by atoms with Gasteiger partial charge in [0.25, 0.3) is 0 Å². The van der Waals surface area contributed by atoms with Crippen LogP contribution in [0.5, 0.6) is 5.75 Å². The first kappa shape index (κ1) is 28.5. The van der Waals surface area contributed by atoms with E-state index < -0.39 is 5.79 Å². The second-order valence-electron chi connectivity index (χ2n) is 9.55. The third-order valence-corrected chi connectivity index (χ3v) is 7.39. The van der Waals surface area contributed by atoms with Gasteiger partial charge >= 0.3 is 6.09 Å². The van der Waals surface area contributed by atoms with Gasteiger partial charge in [0, 0.05) is 62.0 Å². The summed E-state index contributed by atoms with van der Waals surface area (Å²) in [7, 11) is 1.58. The number of piperazine rings is 1. The molecule has 2 aliphatic rings. The van der Waals surface area contributed by atoms with Crippen molar-refractivity contribution in [1.29, 1.82) is 0 Å². The van der Waals surface area contributed by atoms with Gasteiger partial charge < -0.3 is 38.1 Å². The van der Waals surface area contributed by atoms with Crippen LogP contribution in [-0.2, 0) is 31.3 Å². The Kier molecular flexibility index (Phi) is 9.33. The molecule has 0 saturated carbocycles. The summed E-state index contributed by atoms with van der Waals surface area (Å²) in [5, 5.41) is 1.00. The Morgan fingerprint density at radius 2 is 1.90 bits per heavy atom. The normalized spacial score (nSPS) is 21.0. The summed E-state index contributed by atoms with van der Waals surface area (Å²) in [5.41, 5.74) is 1.76. The zero-order valence-corrected chi connectivity index (χ0v) is 23.7. The first-order chi connectivity index (χ1) is 19.5. The van der Waals surface area contributed by atoms with E-state index in [1.807, 2.05) is 41.1 Å². The number of aromatic nitrogens is 2. The van der Waals surface area contributed by atoms with Crippen LogP contribution in [0.15, 0.2) is 61.2 Å². The molecule has 2 aliphatic heterocycles. The van der Waals surface area contributed by atoms with E-state index in [0.29, 0.717) is 55.1 Å². The maximum Gasteiger partial charge on any atom is 0.409 e. The summed E-state index contributed by atoms with van der Waals surface area (Å²) in [6.45, 7) is 4.31. The molecule has 40 heavy (non-hydrogen) atoms. The number of amides is 1. The molecule has 0 aliphatic carbocycles. The average molecular weight is 591 g/mol. The van der Waals surface area contributed by atoms with Crippen LogP contribution in [0.25, 0.3) is 0 Å². The Hall–Kier alpha value is -3.02. The highest BCUT2D eigenvalue weighted by Crippen LogP contribution is 2.40. The summed E-state index contributed by atoms with van der Waals surface area (Å²) >= 11 is 12.7. The number of carbonyl (C=O) groups is 1. The number of imidazole rings is 1. The van der Waals surface area contributed by atoms with Gasteiger partial charge in [0.2, 0.25) is 5.79 Å². The van der Waals surface area contributed by atoms with E-state index in [2.05, 4.69) is 9.88 Å². The number of rotatable bonds is 10. The van der Waals surface area contributed by atoms with Gasteiger partial charge in [-0.3, -0.25) is 0 Å². The molecule has 2 saturated heterocycles. The first-order valence-corrected chi connectivity index (χ1v) is 13.8. The molecule has 0 N–H and O–H groups in total. The lowest BCUT2D eigenvalue weighted by Gasteiger charge is -2.35. The van der Waals surface area contributed by atoms with E-state index in [1.165, 1.54) is 0 Å². The molecule has 2 unspecified atom stereocenters. The number of methoxy groups -OCH3 is 1. The smallest absolute Gasteiger partial charge is 0.409 e. The minimum atomic E-state index is -1.10. The van der Waals surface area contributed by atoms with Gasteiger partial charge in [0.05, 0.1) is 31.1 Å². The average Bonchev–Trinajstić information content (AvgIpc) is 3.63. The van der Waals surface area contributed by atoms with E-state index >= 15 is 0 Å². The summed E-state index contributed by atoms with van der Waals surface area (Å²) in [6, 6.07) is 13.2. The van der Waals surface area contributed by atoms with Crippen molar-refractivity contribution < 1.29 is 28.5 Å². The molecule has 2 atom stereocenters. The molecule has 2 fully saturated rings. The van der Waals surface area contributed by atoms with Gasteiger partial charge in [-0.15, -0.1) is 0 Å². The molecule has 0 radical (unpaired) electrons. The molecule has 0 bridgehead atoms. The van der Waals surface area contributed by atoms with Gasteiger partial charge in [0.1, 0.15) is 25.1 Å². The lowest BCUT2D eigenvalue weighted by molar-refractivity contribution is -0.189. The molecule has 214 valence electrons. The van der Waals surface area contributed by atoms with E-state index in [0.717, 1.165) is 24.5 Å². The number of halogens is 2. The number of hydrogen-bond acceptors (Lipinski definition) is 8. The molecular formula is C28H32Cl2N4O6. The topological polar surface area (TPSA) is 87.5 Å². The van der Waals surface area contributed by atoms with Crippen molar-refractivity contribution in [3.63, 3.8) is 0 Å². The Bertz CT molecular complexity index is 1250. The minimum Gasteiger partial charge on any atom is -0.491 e. The second-order valence-corrected chi connectivity index (χ2v) is 10.4. The summed E-state index contributed by atoms with van der Waals surface area (Å²) in [5.74, 6) is -0.372. The zero-order chi connectivity index (χ0) is 28.0. The number of nitrogens with zero attached hydrogens (tertiary/aromatic N) is 4. The van der Waals surface area contributed by atoms with Gasteiger partial charge in [-0.05, 0) is 36.4 Å². The summed E-state index contributed by atoms with van der Waals surface area (Å²) < 4.78 is 30.8. The highest BCUT2D eigenvalue weighted by molar-refractivity contribution is 6.35. The predicted molar refractivity (Wildman–Crippen MR) is 150 cm³/mol. The van der Waals surface area contributed by atoms with E-state index in [-0.39, 0.29) is 18.8 Å². The first-order valence-electron chi connectivity index (χ1n) is 13.1. The lowest BCUT2D eigenvalue weighted by atomic mass is 10.1. The fourth-order valence-corrected chi connectivity index (χ4v) is 5.32. The molecule has 10 nitrogen and oxygen atoms in total. The van der Waals surface area contributed by atoms with Gasteiger partial charge in [0.15, 0.2) is 0 Å². The van der Waals surface area contributed by atoms with Crippen LogP contribution in [0, 0.1) is 0 Å². The van der Waals surface area contributed by atoms with Crippen LogP contribution in [-0.4, -0.2) is 86.4 Å². The Morgan fingerprint density at radius 3 is 2.60 bits per heavy atom. The summed E-state index contributed by atoms with van der Waals surface area (Å²) in [6.07, 6.45) is 4.64. The van der Waals surface area contributed by atoms with Crippen LogP contribution >= 0.6 is 23.2 Å². The molecule has 3 heterocycles. The number of anilines is 1. The van der Waals surface area contributed by atoms with Crippen molar-refractivity contribution in [1.82, 2.24) is 14.5 Å². The monoisotopic (exact) mass is 590 g/mol. The number of ether oxygens (including phenoxy) is 5. The maximum atomic E-state index is 12.1. The van der Waals surface area contributed by atoms with Crippen LogP contribution in [0.1, 0.15) is 5.56 Å². The molecular weight excluding hydrogens is 559 g/mol. The second kappa shape index (κ2) is 13.1. The van der Waals surface area contributed by atoms with Crippen molar-refractivity contribution >= 4 is 35.0 Å². The standard InChI is InChI=1S/C28H32Cl2N4O6/c1-36-14-15-37-27(35)34-12-10-33(11-13-34)22-3-5-23(6-4-22)38-17-24-18-39-28(40-24,19-32-9-8-31-20-32)25-7-2-21(29)16-26(25)30/h2-9,16,20,24H,10-15,17-19H2,1H3. The molecule has 0 spiro atoms. The predicted octanol–water partition coefficient (Wildman–Crippen LogP) is 4.44. The number of hydrogen-bond donors (Lipinski definition) is 0. The molecule has 1 aromatic heterocycles. The largest absolute Gasteiger partial charge is 0.491 e. The lowest BCUT2D eigenvalue weighted by Crippen LogP contribution is -2.49. The summed E-state index contributed by atoms with van der Waals surface area (Å²) in [4.78, 5) is 20.2.